The van der Waals surface area contributed by atoms with Gasteiger partial charge in [-0.2, -0.15) is 0 Å². The molecule has 5 heteroatoms. The topological polar surface area (TPSA) is 54.0 Å². The molecule has 2 aromatic carbocycles. The predicted molar refractivity (Wildman–Crippen MR) is 104 cm³/mol. The smallest absolute Gasteiger partial charge is 0.331 e. The van der Waals surface area contributed by atoms with Crippen LogP contribution in [-0.2, 0) is 25.6 Å². The number of esters is 1. The van der Waals surface area contributed by atoms with Gasteiger partial charge in [-0.25, -0.2) is 4.79 Å². The van der Waals surface area contributed by atoms with Crippen LogP contribution in [0.5, 0.6) is 5.75 Å². The van der Waals surface area contributed by atoms with Crippen molar-refractivity contribution in [3.8, 4) is 5.75 Å². The summed E-state index contributed by atoms with van der Waals surface area (Å²) in [7, 11) is 0. The molecule has 0 saturated carbocycles. The molecule has 0 radical (unpaired) electrons. The van der Waals surface area contributed by atoms with Gasteiger partial charge in [-0.15, -0.1) is 0 Å². The van der Waals surface area contributed by atoms with Crippen LogP contribution in [0.25, 0.3) is 6.08 Å². The van der Waals surface area contributed by atoms with E-state index in [9.17, 15) is 4.79 Å². The van der Waals surface area contributed by atoms with Crippen LogP contribution in [0.2, 0.25) is 0 Å². The highest BCUT2D eigenvalue weighted by atomic mass is 16.7. The summed E-state index contributed by atoms with van der Waals surface area (Å²) in [5.41, 5.74) is 1.84. The second-order valence-electron chi connectivity index (χ2n) is 5.65. The molecule has 0 aliphatic rings. The van der Waals surface area contributed by atoms with Gasteiger partial charge in [0.2, 0.25) is 0 Å². The van der Waals surface area contributed by atoms with E-state index < -0.39 is 0 Å². The lowest BCUT2D eigenvalue weighted by molar-refractivity contribution is -0.152. The average molecular weight is 370 g/mol. The van der Waals surface area contributed by atoms with Gasteiger partial charge in [-0.1, -0.05) is 42.5 Å². The van der Waals surface area contributed by atoms with E-state index in [1.54, 1.807) is 6.08 Å². The number of rotatable bonds is 11. The minimum Gasteiger partial charge on any atom is -0.488 e. The zero-order chi connectivity index (χ0) is 19.3. The van der Waals surface area contributed by atoms with Gasteiger partial charge < -0.3 is 18.9 Å². The van der Waals surface area contributed by atoms with Crippen molar-refractivity contribution in [1.29, 1.82) is 0 Å². The number of ether oxygens (including phenoxy) is 4. The fraction of sp³-hybridized carbons (Fsp3) is 0.318. The molecule has 0 aliphatic heterocycles. The molecule has 0 fully saturated rings. The Bertz CT molecular complexity index is 688. The Morgan fingerprint density at radius 1 is 0.963 bits per heavy atom. The van der Waals surface area contributed by atoms with Gasteiger partial charge in [-0.3, -0.25) is 0 Å². The molecule has 0 atom stereocenters. The summed E-state index contributed by atoms with van der Waals surface area (Å²) in [6.45, 7) is 5.55. The van der Waals surface area contributed by atoms with E-state index in [2.05, 4.69) is 0 Å². The second-order valence-corrected chi connectivity index (χ2v) is 5.65. The first-order chi connectivity index (χ1) is 13.2. The fourth-order valence-electron chi connectivity index (χ4n) is 2.30. The van der Waals surface area contributed by atoms with E-state index in [4.69, 9.17) is 18.9 Å². The number of carbonyl (C=O) groups is 1. The van der Waals surface area contributed by atoms with Crippen LogP contribution in [0.1, 0.15) is 25.0 Å². The summed E-state index contributed by atoms with van der Waals surface area (Å²) < 4.78 is 21.8. The van der Waals surface area contributed by atoms with E-state index in [1.165, 1.54) is 6.08 Å². The molecule has 0 saturated heterocycles. The zero-order valence-electron chi connectivity index (χ0n) is 15.8. The Balaban J connectivity index is 1.78. The third-order valence-corrected chi connectivity index (χ3v) is 3.61. The number of carbonyl (C=O) groups excluding carboxylic acids is 1. The van der Waals surface area contributed by atoms with Crippen molar-refractivity contribution in [1.82, 2.24) is 0 Å². The summed E-state index contributed by atoms with van der Waals surface area (Å²) in [4.78, 5) is 11.8. The molecular formula is C22H26O5. The van der Waals surface area contributed by atoms with Gasteiger partial charge in [0, 0.05) is 19.3 Å². The molecule has 0 amide bonds. The summed E-state index contributed by atoms with van der Waals surface area (Å²) in [6, 6.07) is 17.0. The summed E-state index contributed by atoms with van der Waals surface area (Å²) in [5, 5.41) is 0. The Hall–Kier alpha value is -2.63. The van der Waals surface area contributed by atoms with Crippen LogP contribution in [0.15, 0.2) is 60.7 Å². The normalized spacial score (nSPS) is 11.1. The molecule has 0 spiro atoms. The van der Waals surface area contributed by atoms with Gasteiger partial charge in [0.15, 0.2) is 6.29 Å². The summed E-state index contributed by atoms with van der Waals surface area (Å²) >= 11 is 0. The highest BCUT2D eigenvalue weighted by molar-refractivity contribution is 5.87. The second kappa shape index (κ2) is 11.9. The molecule has 0 aliphatic carbocycles. The largest absolute Gasteiger partial charge is 0.488 e. The van der Waals surface area contributed by atoms with Gasteiger partial charge in [-0.05, 0) is 43.2 Å². The van der Waals surface area contributed by atoms with Crippen LogP contribution in [-0.4, -0.2) is 32.1 Å². The van der Waals surface area contributed by atoms with Gasteiger partial charge in [0.25, 0.3) is 0 Å². The molecule has 0 heterocycles. The van der Waals surface area contributed by atoms with Crippen molar-refractivity contribution in [3.05, 3.63) is 71.8 Å². The number of hydrogen-bond donors (Lipinski definition) is 0. The number of benzene rings is 2. The zero-order valence-corrected chi connectivity index (χ0v) is 15.8. The molecule has 0 N–H and O–H groups in total. The molecule has 2 rings (SSSR count). The highest BCUT2D eigenvalue weighted by Gasteiger charge is 2.08. The third kappa shape index (κ3) is 8.07. The quantitative estimate of drug-likeness (QED) is 0.337. The first-order valence-electron chi connectivity index (χ1n) is 9.06. The Labute approximate surface area is 160 Å². The molecule has 0 aromatic heterocycles. The van der Waals surface area contributed by atoms with E-state index in [1.807, 2.05) is 68.4 Å². The van der Waals surface area contributed by atoms with Crippen molar-refractivity contribution in [2.24, 2.45) is 0 Å². The van der Waals surface area contributed by atoms with Crippen molar-refractivity contribution in [3.63, 3.8) is 0 Å². The van der Waals surface area contributed by atoms with Gasteiger partial charge >= 0.3 is 5.97 Å². The SMILES string of the molecule is CCOC(COc1ccc(/C=C/C(=O)OCc2ccccc2)cc1)OCC. The molecule has 2 aromatic rings. The van der Waals surface area contributed by atoms with Crippen molar-refractivity contribution < 1.29 is 23.7 Å². The first kappa shape index (κ1) is 20.7. The molecule has 5 nitrogen and oxygen atoms in total. The van der Waals surface area contributed by atoms with Crippen molar-refractivity contribution in [2.75, 3.05) is 19.8 Å². The van der Waals surface area contributed by atoms with Crippen molar-refractivity contribution >= 4 is 12.0 Å². The van der Waals surface area contributed by atoms with Crippen molar-refractivity contribution in [2.45, 2.75) is 26.7 Å². The van der Waals surface area contributed by atoms with E-state index in [0.717, 1.165) is 11.1 Å². The minimum absolute atomic E-state index is 0.262. The molecule has 144 valence electrons. The van der Waals surface area contributed by atoms with Crippen LogP contribution >= 0.6 is 0 Å². The lowest BCUT2D eigenvalue weighted by Crippen LogP contribution is -2.25. The van der Waals surface area contributed by atoms with Crippen LogP contribution in [0.4, 0.5) is 0 Å². The average Bonchev–Trinajstić information content (AvgIpc) is 2.71. The number of hydrogen-bond acceptors (Lipinski definition) is 5. The monoisotopic (exact) mass is 370 g/mol. The Morgan fingerprint density at radius 3 is 2.26 bits per heavy atom. The lowest BCUT2D eigenvalue weighted by Gasteiger charge is -2.17. The van der Waals surface area contributed by atoms with E-state index in [-0.39, 0.29) is 18.9 Å². The molecule has 0 unspecified atom stereocenters. The standard InChI is InChI=1S/C22H26O5/c1-3-24-22(25-4-2)17-26-20-13-10-18(11-14-20)12-15-21(23)27-16-19-8-6-5-7-9-19/h5-15,22H,3-4,16-17H2,1-2H3/b15-12+. The maximum Gasteiger partial charge on any atom is 0.331 e. The molecule has 0 bridgehead atoms. The highest BCUT2D eigenvalue weighted by Crippen LogP contribution is 2.14. The van der Waals surface area contributed by atoms with Gasteiger partial charge in [0.1, 0.15) is 19.0 Å². The third-order valence-electron chi connectivity index (χ3n) is 3.61. The van der Waals surface area contributed by atoms with Crippen LogP contribution in [0, 0.1) is 0 Å². The Morgan fingerprint density at radius 2 is 1.63 bits per heavy atom. The summed E-state index contributed by atoms with van der Waals surface area (Å²) in [6.07, 6.45) is 2.75. The Kier molecular flexibility index (Phi) is 9.10. The van der Waals surface area contributed by atoms with Crippen LogP contribution < -0.4 is 4.74 Å². The molecule has 27 heavy (non-hydrogen) atoms. The maximum atomic E-state index is 11.8. The minimum atomic E-state index is -0.379. The summed E-state index contributed by atoms with van der Waals surface area (Å²) in [5.74, 6) is 0.332. The van der Waals surface area contributed by atoms with E-state index >= 15 is 0 Å². The first-order valence-corrected chi connectivity index (χ1v) is 9.06. The van der Waals surface area contributed by atoms with E-state index in [0.29, 0.717) is 25.6 Å². The fourth-order valence-corrected chi connectivity index (χ4v) is 2.30. The lowest BCUT2D eigenvalue weighted by atomic mass is 10.2. The predicted octanol–water partition coefficient (Wildman–Crippen LogP) is 4.22. The van der Waals surface area contributed by atoms with Crippen LogP contribution in [0.3, 0.4) is 0 Å². The maximum absolute atomic E-state index is 11.8. The molecular weight excluding hydrogens is 344 g/mol. The van der Waals surface area contributed by atoms with Gasteiger partial charge in [0.05, 0.1) is 0 Å².